The molecule has 0 aliphatic rings. The van der Waals surface area contributed by atoms with Crippen LogP contribution in [0.1, 0.15) is 49.0 Å². The van der Waals surface area contributed by atoms with Gasteiger partial charge in [0.05, 0.1) is 5.25 Å². The van der Waals surface area contributed by atoms with E-state index in [4.69, 9.17) is 0 Å². The van der Waals surface area contributed by atoms with Gasteiger partial charge in [-0.3, -0.25) is 4.79 Å². The second-order valence-corrected chi connectivity index (χ2v) is 9.07. The number of sulfonamides is 1. The molecule has 0 bridgehead atoms. The Morgan fingerprint density at radius 1 is 0.852 bits per heavy atom. The third kappa shape index (κ3) is 6.81. The third-order valence-corrected chi connectivity index (χ3v) is 6.14. The maximum Gasteiger partial charge on any atom is 0.213 e. The fourth-order valence-electron chi connectivity index (χ4n) is 2.54. The van der Waals surface area contributed by atoms with Crippen LogP contribution in [0, 0.1) is 0 Å². The van der Waals surface area contributed by atoms with Crippen molar-refractivity contribution < 1.29 is 13.2 Å². The number of anilines is 1. The topological polar surface area (TPSA) is 75.3 Å². The first-order valence-corrected chi connectivity index (χ1v) is 10.9. The smallest absolute Gasteiger partial charge is 0.213 e. The summed E-state index contributed by atoms with van der Waals surface area (Å²) in [6.07, 6.45) is 2.71. The summed E-state index contributed by atoms with van der Waals surface area (Å²) >= 11 is 0. The summed E-state index contributed by atoms with van der Waals surface area (Å²) in [4.78, 5) is 12.4. The second kappa shape index (κ2) is 10.2. The van der Waals surface area contributed by atoms with Gasteiger partial charge in [0.1, 0.15) is 0 Å². The Morgan fingerprint density at radius 3 is 2.07 bits per heavy atom. The van der Waals surface area contributed by atoms with Gasteiger partial charge in [-0.2, -0.15) is 0 Å². The van der Waals surface area contributed by atoms with Crippen molar-refractivity contribution in [3.63, 3.8) is 0 Å². The average Bonchev–Trinajstić information content (AvgIpc) is 2.67. The van der Waals surface area contributed by atoms with Crippen molar-refractivity contribution in [1.29, 1.82) is 0 Å². The van der Waals surface area contributed by atoms with E-state index in [9.17, 15) is 13.2 Å². The predicted octanol–water partition coefficient (Wildman–Crippen LogP) is 3.83. The Kier molecular flexibility index (Phi) is 8.00. The summed E-state index contributed by atoms with van der Waals surface area (Å²) in [6.45, 7) is 4.63. The van der Waals surface area contributed by atoms with Crippen molar-refractivity contribution in [3.05, 3.63) is 65.7 Å². The molecule has 0 fully saturated rings. The maximum atomic E-state index is 12.4. The zero-order valence-electron chi connectivity index (χ0n) is 15.9. The molecule has 146 valence electrons. The molecule has 0 radical (unpaired) electrons. The Balaban J connectivity index is 1.68. The van der Waals surface area contributed by atoms with E-state index in [1.165, 1.54) is 0 Å². The van der Waals surface area contributed by atoms with Crippen molar-refractivity contribution in [2.75, 3.05) is 18.4 Å². The fourth-order valence-corrected chi connectivity index (χ4v) is 3.30. The normalized spacial score (nSPS) is 11.5. The number of benzene rings is 2. The van der Waals surface area contributed by atoms with E-state index < -0.39 is 15.3 Å². The van der Waals surface area contributed by atoms with Crippen molar-refractivity contribution >= 4 is 21.5 Å². The van der Waals surface area contributed by atoms with Crippen LogP contribution in [0.3, 0.4) is 0 Å². The Bertz CT molecular complexity index is 816. The van der Waals surface area contributed by atoms with Gasteiger partial charge in [-0.1, -0.05) is 36.8 Å². The van der Waals surface area contributed by atoms with Crippen molar-refractivity contribution in [1.82, 2.24) is 4.72 Å². The molecule has 0 unspecified atom stereocenters. The average molecular weight is 389 g/mol. The Morgan fingerprint density at radius 2 is 1.44 bits per heavy atom. The molecule has 0 heterocycles. The molecular formula is C21H28N2O3S. The highest BCUT2D eigenvalue weighted by atomic mass is 32.2. The summed E-state index contributed by atoms with van der Waals surface area (Å²) in [6, 6.07) is 16.7. The zero-order valence-corrected chi connectivity index (χ0v) is 16.8. The van der Waals surface area contributed by atoms with E-state index in [0.717, 1.165) is 31.5 Å². The first-order chi connectivity index (χ1) is 12.9. The molecule has 0 atom stereocenters. The van der Waals surface area contributed by atoms with E-state index in [-0.39, 0.29) is 5.78 Å². The van der Waals surface area contributed by atoms with Gasteiger partial charge < -0.3 is 5.32 Å². The molecule has 0 saturated heterocycles. The van der Waals surface area contributed by atoms with Crippen LogP contribution < -0.4 is 10.0 Å². The van der Waals surface area contributed by atoms with Gasteiger partial charge in [-0.25, -0.2) is 13.1 Å². The highest BCUT2D eigenvalue weighted by Crippen LogP contribution is 2.14. The first-order valence-electron chi connectivity index (χ1n) is 9.32. The van der Waals surface area contributed by atoms with Crippen molar-refractivity contribution in [2.45, 2.75) is 38.4 Å². The molecular weight excluding hydrogens is 360 g/mol. The fraction of sp³-hybridized carbons (Fsp3) is 0.381. The number of unbranched alkanes of at least 4 members (excludes halogenated alkanes) is 2. The standard InChI is InChI=1S/C21H28N2O3S/c1-17(2)27(25,26)23-16-8-4-7-15-22-20-13-11-19(12-14-20)21(24)18-9-5-3-6-10-18/h3,5-6,9-14,17,22-23H,4,7-8,15-16H2,1-2H3. The van der Waals surface area contributed by atoms with Gasteiger partial charge >= 0.3 is 0 Å². The van der Waals surface area contributed by atoms with Crippen LogP contribution in [0.25, 0.3) is 0 Å². The van der Waals surface area contributed by atoms with Gasteiger partial charge in [-0.15, -0.1) is 0 Å². The molecule has 0 spiro atoms. The minimum absolute atomic E-state index is 0.0194. The Hall–Kier alpha value is -2.18. The van der Waals surface area contributed by atoms with E-state index in [1.807, 2.05) is 54.6 Å². The maximum absolute atomic E-state index is 12.4. The first kappa shape index (κ1) is 21.1. The quantitative estimate of drug-likeness (QED) is 0.453. The zero-order chi connectivity index (χ0) is 19.7. The number of ketones is 1. The van der Waals surface area contributed by atoms with Gasteiger partial charge in [0.2, 0.25) is 10.0 Å². The van der Waals surface area contributed by atoms with Crippen molar-refractivity contribution in [2.24, 2.45) is 0 Å². The molecule has 0 aromatic heterocycles. The van der Waals surface area contributed by atoms with Gasteiger partial charge in [-0.05, 0) is 51.0 Å². The number of nitrogens with one attached hydrogen (secondary N) is 2. The van der Waals surface area contributed by atoms with E-state index in [2.05, 4.69) is 10.0 Å². The van der Waals surface area contributed by atoms with Crippen LogP contribution in [0.15, 0.2) is 54.6 Å². The predicted molar refractivity (Wildman–Crippen MR) is 111 cm³/mol. The van der Waals surface area contributed by atoms with E-state index in [0.29, 0.717) is 17.7 Å². The van der Waals surface area contributed by atoms with Crippen LogP contribution in [0.5, 0.6) is 0 Å². The summed E-state index contributed by atoms with van der Waals surface area (Å²) in [7, 11) is -3.16. The van der Waals surface area contributed by atoms with Gasteiger partial charge in [0, 0.05) is 29.9 Å². The number of hydrogen-bond acceptors (Lipinski definition) is 4. The van der Waals surface area contributed by atoms with Gasteiger partial charge in [0.25, 0.3) is 0 Å². The molecule has 0 saturated carbocycles. The highest BCUT2D eigenvalue weighted by Gasteiger charge is 2.13. The third-order valence-electron chi connectivity index (χ3n) is 4.29. The van der Waals surface area contributed by atoms with Crippen LogP contribution in [0.4, 0.5) is 5.69 Å². The number of rotatable bonds is 11. The summed E-state index contributed by atoms with van der Waals surface area (Å²) in [5.74, 6) is 0.0194. The molecule has 27 heavy (non-hydrogen) atoms. The molecule has 0 amide bonds. The number of hydrogen-bond donors (Lipinski definition) is 2. The number of carbonyl (C=O) groups is 1. The molecule has 2 rings (SSSR count). The van der Waals surface area contributed by atoms with Crippen LogP contribution >= 0.6 is 0 Å². The summed E-state index contributed by atoms with van der Waals surface area (Å²) in [5, 5.41) is 2.93. The van der Waals surface area contributed by atoms with E-state index >= 15 is 0 Å². The van der Waals surface area contributed by atoms with Crippen LogP contribution in [-0.2, 0) is 10.0 Å². The van der Waals surface area contributed by atoms with Crippen LogP contribution in [-0.4, -0.2) is 32.5 Å². The lowest BCUT2D eigenvalue weighted by Gasteiger charge is -2.10. The monoisotopic (exact) mass is 388 g/mol. The van der Waals surface area contributed by atoms with Crippen LogP contribution in [0.2, 0.25) is 0 Å². The van der Waals surface area contributed by atoms with Crippen molar-refractivity contribution in [3.8, 4) is 0 Å². The molecule has 2 N–H and O–H groups in total. The summed E-state index contributed by atoms with van der Waals surface area (Å²) in [5.41, 5.74) is 2.33. The molecule has 0 aliphatic heterocycles. The number of carbonyl (C=O) groups excluding carboxylic acids is 1. The minimum Gasteiger partial charge on any atom is -0.385 e. The molecule has 6 heteroatoms. The largest absolute Gasteiger partial charge is 0.385 e. The lowest BCUT2D eigenvalue weighted by atomic mass is 10.0. The SMILES string of the molecule is CC(C)S(=O)(=O)NCCCCCNc1ccc(C(=O)c2ccccc2)cc1. The second-order valence-electron chi connectivity index (χ2n) is 6.75. The minimum atomic E-state index is -3.16. The lowest BCUT2D eigenvalue weighted by molar-refractivity contribution is 0.103. The Labute approximate surface area is 162 Å². The highest BCUT2D eigenvalue weighted by molar-refractivity contribution is 7.90. The molecule has 0 aliphatic carbocycles. The summed E-state index contributed by atoms with van der Waals surface area (Å²) < 4.78 is 25.9. The van der Waals surface area contributed by atoms with E-state index in [1.54, 1.807) is 13.8 Å². The van der Waals surface area contributed by atoms with Gasteiger partial charge in [0.15, 0.2) is 5.78 Å². The molecule has 2 aromatic carbocycles. The molecule has 5 nitrogen and oxygen atoms in total. The molecule has 2 aromatic rings. The lowest BCUT2D eigenvalue weighted by Crippen LogP contribution is -2.31.